The number of halogens is 1. The minimum absolute atomic E-state index is 0. The molecule has 26 heavy (non-hydrogen) atoms. The third-order valence-electron chi connectivity index (χ3n) is 4.85. The second-order valence-electron chi connectivity index (χ2n) is 6.70. The van der Waals surface area contributed by atoms with Crippen LogP contribution in [0.5, 0.6) is 0 Å². The fraction of sp³-hybridized carbons (Fsp3) is 0.381. The SMILES string of the molecule is CCN(Cc1ccccc1)c1ccc(C(=O)NC(CN)C2CC2)cc1.Cl. The second kappa shape index (κ2) is 9.60. The molecule has 4 nitrogen and oxygen atoms in total. The van der Waals surface area contributed by atoms with Gasteiger partial charge in [-0.1, -0.05) is 30.3 Å². The number of rotatable bonds is 8. The van der Waals surface area contributed by atoms with Crippen molar-refractivity contribution in [2.75, 3.05) is 18.0 Å². The summed E-state index contributed by atoms with van der Waals surface area (Å²) in [4.78, 5) is 14.7. The molecule has 5 heteroatoms. The zero-order valence-corrected chi connectivity index (χ0v) is 16.0. The Bertz CT molecular complexity index is 686. The molecule has 0 bridgehead atoms. The topological polar surface area (TPSA) is 58.4 Å². The highest BCUT2D eigenvalue weighted by molar-refractivity contribution is 5.94. The van der Waals surface area contributed by atoms with Crippen LogP contribution in [0.3, 0.4) is 0 Å². The summed E-state index contributed by atoms with van der Waals surface area (Å²) in [6.07, 6.45) is 2.35. The van der Waals surface area contributed by atoms with Crippen molar-refractivity contribution in [3.63, 3.8) is 0 Å². The maximum Gasteiger partial charge on any atom is 0.251 e. The van der Waals surface area contributed by atoms with Gasteiger partial charge in [0.15, 0.2) is 0 Å². The maximum absolute atomic E-state index is 12.4. The third kappa shape index (κ3) is 5.23. The summed E-state index contributed by atoms with van der Waals surface area (Å²) in [5, 5.41) is 3.07. The minimum Gasteiger partial charge on any atom is -0.367 e. The van der Waals surface area contributed by atoms with E-state index in [1.54, 1.807) is 0 Å². The maximum atomic E-state index is 12.4. The summed E-state index contributed by atoms with van der Waals surface area (Å²) >= 11 is 0. The van der Waals surface area contributed by atoms with Crippen LogP contribution in [0.4, 0.5) is 5.69 Å². The number of anilines is 1. The van der Waals surface area contributed by atoms with Crippen LogP contribution in [-0.2, 0) is 6.54 Å². The van der Waals surface area contributed by atoms with Crippen molar-refractivity contribution in [1.29, 1.82) is 0 Å². The fourth-order valence-corrected chi connectivity index (χ4v) is 3.13. The predicted molar refractivity (Wildman–Crippen MR) is 110 cm³/mol. The van der Waals surface area contributed by atoms with Crippen molar-refractivity contribution >= 4 is 24.0 Å². The lowest BCUT2D eigenvalue weighted by Crippen LogP contribution is -2.41. The molecule has 0 aliphatic heterocycles. The predicted octanol–water partition coefficient (Wildman–Crippen LogP) is 3.60. The molecule has 140 valence electrons. The van der Waals surface area contributed by atoms with E-state index >= 15 is 0 Å². The van der Waals surface area contributed by atoms with Gasteiger partial charge in [-0.2, -0.15) is 0 Å². The molecule has 3 rings (SSSR count). The van der Waals surface area contributed by atoms with Crippen LogP contribution >= 0.6 is 12.4 Å². The largest absolute Gasteiger partial charge is 0.367 e. The first-order chi connectivity index (χ1) is 12.2. The molecule has 2 aromatic rings. The highest BCUT2D eigenvalue weighted by Crippen LogP contribution is 2.32. The Kier molecular flexibility index (Phi) is 7.49. The Balaban J connectivity index is 0.00000243. The van der Waals surface area contributed by atoms with Crippen LogP contribution in [0.1, 0.15) is 35.7 Å². The monoisotopic (exact) mass is 373 g/mol. The number of nitrogens with two attached hydrogens (primary N) is 1. The van der Waals surface area contributed by atoms with E-state index < -0.39 is 0 Å². The smallest absolute Gasteiger partial charge is 0.251 e. The molecule has 1 amide bonds. The first-order valence-corrected chi connectivity index (χ1v) is 9.11. The van der Waals surface area contributed by atoms with Gasteiger partial charge in [0, 0.05) is 36.9 Å². The second-order valence-corrected chi connectivity index (χ2v) is 6.70. The molecule has 0 radical (unpaired) electrons. The van der Waals surface area contributed by atoms with Crippen LogP contribution in [0.25, 0.3) is 0 Å². The lowest BCUT2D eigenvalue weighted by Gasteiger charge is -2.23. The molecule has 1 unspecified atom stereocenters. The summed E-state index contributed by atoms with van der Waals surface area (Å²) in [5.74, 6) is 0.537. The molecule has 1 fully saturated rings. The van der Waals surface area contributed by atoms with E-state index in [9.17, 15) is 4.79 Å². The van der Waals surface area contributed by atoms with Crippen molar-refractivity contribution in [1.82, 2.24) is 5.32 Å². The summed E-state index contributed by atoms with van der Waals surface area (Å²) in [6.45, 7) is 4.43. The zero-order chi connectivity index (χ0) is 17.6. The molecule has 2 aromatic carbocycles. The quantitative estimate of drug-likeness (QED) is 0.743. The number of hydrogen-bond acceptors (Lipinski definition) is 3. The molecule has 1 aliphatic carbocycles. The Hall–Kier alpha value is -2.04. The normalized spacial score (nSPS) is 14.2. The van der Waals surface area contributed by atoms with Crippen molar-refractivity contribution in [2.24, 2.45) is 11.7 Å². The molecule has 1 atom stereocenters. The molecule has 0 saturated heterocycles. The number of amides is 1. The lowest BCUT2D eigenvalue weighted by atomic mass is 10.1. The van der Waals surface area contributed by atoms with Crippen molar-refractivity contribution in [3.8, 4) is 0 Å². The number of nitrogens with zero attached hydrogens (tertiary/aromatic N) is 1. The van der Waals surface area contributed by atoms with Crippen molar-refractivity contribution < 1.29 is 4.79 Å². The van der Waals surface area contributed by atoms with Crippen molar-refractivity contribution in [2.45, 2.75) is 32.4 Å². The standard InChI is InChI=1S/C21H27N3O.ClH/c1-2-24(15-16-6-4-3-5-7-16)19-12-10-18(11-13-19)21(25)23-20(14-22)17-8-9-17;/h3-7,10-13,17,20H,2,8-9,14-15,22H2,1H3,(H,23,25);1H. The highest BCUT2D eigenvalue weighted by Gasteiger charge is 2.31. The molecule has 1 saturated carbocycles. The third-order valence-corrected chi connectivity index (χ3v) is 4.85. The van der Waals surface area contributed by atoms with Gasteiger partial charge in [-0.15, -0.1) is 12.4 Å². The van der Waals surface area contributed by atoms with E-state index in [-0.39, 0.29) is 24.4 Å². The van der Waals surface area contributed by atoms with E-state index in [2.05, 4.69) is 41.4 Å². The summed E-state index contributed by atoms with van der Waals surface area (Å²) in [6, 6.07) is 18.4. The van der Waals surface area contributed by atoms with E-state index in [4.69, 9.17) is 5.73 Å². The first kappa shape index (κ1) is 20.3. The number of hydrogen-bond donors (Lipinski definition) is 2. The Morgan fingerprint density at radius 3 is 2.35 bits per heavy atom. The zero-order valence-electron chi connectivity index (χ0n) is 15.2. The average molecular weight is 374 g/mol. The fourth-order valence-electron chi connectivity index (χ4n) is 3.13. The lowest BCUT2D eigenvalue weighted by molar-refractivity contribution is 0.0933. The van der Waals surface area contributed by atoms with Gasteiger partial charge in [0.2, 0.25) is 0 Å². The van der Waals surface area contributed by atoms with Crippen molar-refractivity contribution in [3.05, 3.63) is 65.7 Å². The van der Waals surface area contributed by atoms with Gasteiger partial charge in [0.25, 0.3) is 5.91 Å². The number of nitrogens with one attached hydrogen (secondary N) is 1. The summed E-state index contributed by atoms with van der Waals surface area (Å²) in [7, 11) is 0. The minimum atomic E-state index is -0.0278. The van der Waals surface area contributed by atoms with Gasteiger partial charge < -0.3 is 16.0 Å². The molecule has 0 heterocycles. The van der Waals surface area contributed by atoms with Crippen LogP contribution in [0.2, 0.25) is 0 Å². The first-order valence-electron chi connectivity index (χ1n) is 9.11. The summed E-state index contributed by atoms with van der Waals surface area (Å²) in [5.41, 5.74) is 8.87. The van der Waals surface area contributed by atoms with E-state index in [0.29, 0.717) is 18.0 Å². The summed E-state index contributed by atoms with van der Waals surface area (Å²) < 4.78 is 0. The van der Waals surface area contributed by atoms with Gasteiger partial charge in [-0.05, 0) is 55.5 Å². The molecular weight excluding hydrogens is 346 g/mol. The van der Waals surface area contributed by atoms with E-state index in [0.717, 1.165) is 18.8 Å². The molecular formula is C21H28ClN3O. The Morgan fingerprint density at radius 1 is 1.15 bits per heavy atom. The number of carbonyl (C=O) groups excluding carboxylic acids is 1. The van der Waals surface area contributed by atoms with E-state index in [1.807, 2.05) is 30.3 Å². The molecule has 1 aliphatic rings. The van der Waals surface area contributed by atoms with Crippen LogP contribution < -0.4 is 16.0 Å². The van der Waals surface area contributed by atoms with Crippen LogP contribution in [-0.4, -0.2) is 25.0 Å². The van der Waals surface area contributed by atoms with Gasteiger partial charge in [0.1, 0.15) is 0 Å². The molecule has 0 spiro atoms. The van der Waals surface area contributed by atoms with Gasteiger partial charge in [-0.3, -0.25) is 4.79 Å². The Labute approximate surface area is 162 Å². The van der Waals surface area contributed by atoms with Gasteiger partial charge >= 0.3 is 0 Å². The van der Waals surface area contributed by atoms with Gasteiger partial charge in [-0.25, -0.2) is 0 Å². The molecule has 3 N–H and O–H groups in total. The van der Waals surface area contributed by atoms with Crippen LogP contribution in [0.15, 0.2) is 54.6 Å². The average Bonchev–Trinajstić information content (AvgIpc) is 3.50. The van der Waals surface area contributed by atoms with E-state index in [1.165, 1.54) is 18.4 Å². The van der Waals surface area contributed by atoms with Gasteiger partial charge in [0.05, 0.1) is 0 Å². The molecule has 0 aromatic heterocycles. The number of carbonyl (C=O) groups is 1. The highest BCUT2D eigenvalue weighted by atomic mass is 35.5. The van der Waals surface area contributed by atoms with Crippen LogP contribution in [0, 0.1) is 5.92 Å². The Morgan fingerprint density at radius 2 is 1.81 bits per heavy atom. The number of benzene rings is 2.